The largest absolute Gasteiger partial charge is 0.290 e. The van der Waals surface area contributed by atoms with Crippen LogP contribution < -0.4 is 0 Å². The van der Waals surface area contributed by atoms with E-state index in [4.69, 9.17) is 0 Å². The first kappa shape index (κ1) is 9.46. The van der Waals surface area contributed by atoms with E-state index >= 15 is 0 Å². The highest BCUT2D eigenvalue weighted by Crippen LogP contribution is 2.24. The molecule has 1 rings (SSSR count). The zero-order valence-corrected chi connectivity index (χ0v) is 7.06. The van der Waals surface area contributed by atoms with Gasteiger partial charge < -0.3 is 0 Å². The monoisotopic (exact) mass is 202 g/mol. The number of hydrogen-bond donors (Lipinski definition) is 1. The molecule has 0 amide bonds. The molecule has 0 spiro atoms. The first-order chi connectivity index (χ1) is 6.02. The average molecular weight is 202 g/mol. The Balaban J connectivity index is 3.44. The van der Waals surface area contributed by atoms with E-state index in [0.29, 0.717) is 0 Å². The normalized spacial score (nSPS) is 10.2. The first-order valence-electron chi connectivity index (χ1n) is 3.12. The van der Waals surface area contributed by atoms with Gasteiger partial charge in [-0.1, -0.05) is 0 Å². The summed E-state index contributed by atoms with van der Waals surface area (Å²) in [5, 5.41) is 21.0. The third kappa shape index (κ3) is 1.94. The van der Waals surface area contributed by atoms with E-state index in [1.54, 1.807) is 0 Å². The lowest BCUT2D eigenvalue weighted by molar-refractivity contribution is -0.387. The van der Waals surface area contributed by atoms with Gasteiger partial charge in [0.15, 0.2) is 16.5 Å². The van der Waals surface area contributed by atoms with Crippen molar-refractivity contribution in [3.8, 4) is 5.75 Å². The van der Waals surface area contributed by atoms with Crippen molar-refractivity contribution >= 4 is 16.4 Å². The Labute approximate surface area is 74.5 Å². The highest BCUT2D eigenvalue weighted by atomic mass is 32.2. The summed E-state index contributed by atoms with van der Waals surface area (Å²) in [5.74, 6) is -0.570. The van der Waals surface area contributed by atoms with Crippen LogP contribution in [0.15, 0.2) is 23.1 Å². The van der Waals surface area contributed by atoms with Gasteiger partial charge in [0.05, 0.1) is 4.92 Å². The van der Waals surface area contributed by atoms with E-state index in [1.165, 1.54) is 0 Å². The zero-order valence-electron chi connectivity index (χ0n) is 6.17. The molecule has 0 bridgehead atoms. The Hall–Kier alpha value is -1.63. The molecule has 6 nitrogen and oxygen atoms in total. The van der Waals surface area contributed by atoms with E-state index in [0.717, 1.165) is 18.2 Å². The van der Waals surface area contributed by atoms with Crippen LogP contribution in [0.4, 0.5) is 5.69 Å². The van der Waals surface area contributed by atoms with Gasteiger partial charge >= 0.3 is 0 Å². The smallest absolute Gasteiger partial charge is 0.287 e. The molecular weight excluding hydrogens is 198 g/mol. The summed E-state index contributed by atoms with van der Waals surface area (Å²) < 4.78 is 20.9. The van der Waals surface area contributed by atoms with Crippen molar-refractivity contribution in [3.63, 3.8) is 0 Å². The molecule has 0 aliphatic carbocycles. The average Bonchev–Trinajstić information content (AvgIpc) is 2.03. The quantitative estimate of drug-likeness (QED) is 0.433. The number of nitro groups is 1. The Morgan fingerprint density at radius 1 is 1.31 bits per heavy atom. The number of benzene rings is 1. The van der Waals surface area contributed by atoms with Crippen molar-refractivity contribution in [2.75, 3.05) is 0 Å². The van der Waals surface area contributed by atoms with E-state index in [2.05, 4.69) is 0 Å². The molecule has 0 N–H and O–H groups in total. The SMILES string of the molecule is [O]c1ccc([N+](=O)[O-])c([SH](=O)=O)c1. The molecule has 7 heteroatoms. The van der Waals surface area contributed by atoms with Crippen LogP contribution >= 0.6 is 0 Å². The molecule has 0 unspecified atom stereocenters. The minimum Gasteiger partial charge on any atom is -0.290 e. The second-order valence-electron chi connectivity index (χ2n) is 2.16. The molecule has 0 saturated heterocycles. The lowest BCUT2D eigenvalue weighted by Crippen LogP contribution is -1.93. The lowest BCUT2D eigenvalue weighted by atomic mass is 10.3. The van der Waals surface area contributed by atoms with Crippen LogP contribution in [0.5, 0.6) is 5.75 Å². The van der Waals surface area contributed by atoms with Gasteiger partial charge in [0.2, 0.25) is 0 Å². The second-order valence-corrected chi connectivity index (χ2v) is 3.16. The van der Waals surface area contributed by atoms with Crippen molar-refractivity contribution < 1.29 is 18.4 Å². The maximum absolute atomic E-state index is 10.7. The molecule has 1 aromatic rings. The number of nitro benzene ring substituents is 1. The van der Waals surface area contributed by atoms with Crippen molar-refractivity contribution in [1.29, 1.82) is 0 Å². The number of hydrogen-bond acceptors (Lipinski definition) is 4. The Morgan fingerprint density at radius 3 is 2.38 bits per heavy atom. The van der Waals surface area contributed by atoms with Gasteiger partial charge in [-0.2, -0.15) is 0 Å². The van der Waals surface area contributed by atoms with Crippen molar-refractivity contribution in [1.82, 2.24) is 0 Å². The van der Waals surface area contributed by atoms with Crippen molar-refractivity contribution in [3.05, 3.63) is 28.3 Å². The topological polar surface area (TPSA) is 97.2 Å². The fraction of sp³-hybridized carbons (Fsp3) is 0. The van der Waals surface area contributed by atoms with Crippen LogP contribution in [-0.4, -0.2) is 13.3 Å². The van der Waals surface area contributed by atoms with E-state index in [1.807, 2.05) is 0 Å². The predicted octanol–water partition coefficient (Wildman–Crippen LogP) is 0.709. The fourth-order valence-electron chi connectivity index (χ4n) is 0.804. The molecule has 69 valence electrons. The Morgan fingerprint density at radius 2 is 1.92 bits per heavy atom. The summed E-state index contributed by atoms with van der Waals surface area (Å²) in [6.45, 7) is 0. The van der Waals surface area contributed by atoms with Crippen LogP contribution in [0, 0.1) is 10.1 Å². The Bertz CT molecular complexity index is 417. The van der Waals surface area contributed by atoms with Gasteiger partial charge in [0, 0.05) is 12.1 Å². The van der Waals surface area contributed by atoms with Gasteiger partial charge in [-0.15, -0.1) is 0 Å². The zero-order chi connectivity index (χ0) is 10.0. The minimum absolute atomic E-state index is 0.549. The van der Waals surface area contributed by atoms with E-state index < -0.39 is 32.0 Å². The third-order valence-corrected chi connectivity index (χ3v) is 2.09. The van der Waals surface area contributed by atoms with Crippen LogP contribution in [0.2, 0.25) is 0 Å². The first-order valence-corrected chi connectivity index (χ1v) is 4.30. The van der Waals surface area contributed by atoms with Gasteiger partial charge in [-0.05, 0) is 6.07 Å². The summed E-state index contributed by atoms with van der Waals surface area (Å²) in [5.41, 5.74) is -0.573. The fourth-order valence-corrected chi connectivity index (χ4v) is 1.38. The van der Waals surface area contributed by atoms with E-state index in [9.17, 15) is 23.6 Å². The molecule has 0 aliphatic rings. The standard InChI is InChI=1S/C6H4NO5S/c8-4-1-2-5(7(9)10)6(3-4)13(11)12/h1-3,13H. The number of thiol groups is 1. The van der Waals surface area contributed by atoms with Crippen molar-refractivity contribution in [2.45, 2.75) is 4.90 Å². The predicted molar refractivity (Wildman–Crippen MR) is 41.8 cm³/mol. The summed E-state index contributed by atoms with van der Waals surface area (Å²) in [6, 6.07) is 2.55. The molecule has 0 atom stereocenters. The summed E-state index contributed by atoms with van der Waals surface area (Å²) in [6.07, 6.45) is 0. The number of rotatable bonds is 2. The highest BCUT2D eigenvalue weighted by molar-refractivity contribution is 7.72. The summed E-state index contributed by atoms with van der Waals surface area (Å²) >= 11 is 0. The summed E-state index contributed by atoms with van der Waals surface area (Å²) in [7, 11) is -3.11. The molecule has 0 fully saturated rings. The van der Waals surface area contributed by atoms with Gasteiger partial charge in [-0.3, -0.25) is 15.2 Å². The van der Waals surface area contributed by atoms with Crippen LogP contribution in [0.25, 0.3) is 0 Å². The Kier molecular flexibility index (Phi) is 2.47. The maximum Gasteiger partial charge on any atom is 0.287 e. The van der Waals surface area contributed by atoms with Crippen molar-refractivity contribution in [2.24, 2.45) is 0 Å². The molecule has 0 aliphatic heterocycles. The molecule has 0 heterocycles. The van der Waals surface area contributed by atoms with Gasteiger partial charge in [0.1, 0.15) is 4.90 Å². The van der Waals surface area contributed by atoms with Gasteiger partial charge in [-0.25, -0.2) is 8.42 Å². The van der Waals surface area contributed by atoms with Crippen LogP contribution in [0.1, 0.15) is 0 Å². The molecule has 1 radical (unpaired) electrons. The molecular formula is C6H4NO5S. The lowest BCUT2D eigenvalue weighted by Gasteiger charge is -1.94. The summed E-state index contributed by atoms with van der Waals surface area (Å²) in [4.78, 5) is 8.88. The molecule has 0 aromatic heterocycles. The third-order valence-electron chi connectivity index (χ3n) is 1.34. The highest BCUT2D eigenvalue weighted by Gasteiger charge is 2.16. The van der Waals surface area contributed by atoms with Gasteiger partial charge in [0.25, 0.3) is 5.69 Å². The van der Waals surface area contributed by atoms with Crippen LogP contribution in [-0.2, 0) is 15.8 Å². The van der Waals surface area contributed by atoms with Crippen LogP contribution in [0.3, 0.4) is 0 Å². The molecule has 0 saturated carbocycles. The number of nitrogens with zero attached hydrogens (tertiary/aromatic N) is 1. The molecule has 13 heavy (non-hydrogen) atoms. The second kappa shape index (κ2) is 3.40. The maximum atomic E-state index is 10.7. The molecule has 1 aromatic carbocycles. The minimum atomic E-state index is -3.11. The van der Waals surface area contributed by atoms with E-state index in [-0.39, 0.29) is 0 Å².